The van der Waals surface area contributed by atoms with Gasteiger partial charge in [0.2, 0.25) is 0 Å². The molecule has 2 rings (SSSR count). The van der Waals surface area contributed by atoms with Crippen LogP contribution >= 0.6 is 0 Å². The van der Waals surface area contributed by atoms with Gasteiger partial charge in [-0.05, 0) is 47.2 Å². The number of aryl methyl sites for hydroxylation is 1. The largest absolute Gasteiger partial charge is 0.416 e. The Bertz CT molecular complexity index is 593. The van der Waals surface area contributed by atoms with Gasteiger partial charge in [-0.2, -0.15) is 13.2 Å². The molecular weight excluding hydrogens is 261 g/mol. The summed E-state index contributed by atoms with van der Waals surface area (Å²) in [5, 5.41) is 0. The second-order valence-electron chi connectivity index (χ2n) is 5.27. The normalized spacial score (nSPS) is 11.9. The molecule has 3 heteroatoms. The molecule has 0 radical (unpaired) electrons. The van der Waals surface area contributed by atoms with Crippen LogP contribution in [0, 0.1) is 6.92 Å². The van der Waals surface area contributed by atoms with Gasteiger partial charge in [-0.25, -0.2) is 0 Å². The third-order valence-corrected chi connectivity index (χ3v) is 3.42. The van der Waals surface area contributed by atoms with Gasteiger partial charge in [0.25, 0.3) is 0 Å². The standard InChI is InChI=1S/C17H17F3/c1-11(2)16-12(3)5-4-6-15(16)13-7-9-14(10-8-13)17(18,19)20/h4-11H,1-3H3. The van der Waals surface area contributed by atoms with Crippen molar-refractivity contribution in [3.63, 3.8) is 0 Å². The highest BCUT2D eigenvalue weighted by molar-refractivity contribution is 5.69. The molecule has 0 saturated carbocycles. The van der Waals surface area contributed by atoms with Gasteiger partial charge < -0.3 is 0 Å². The Morgan fingerprint density at radius 2 is 1.50 bits per heavy atom. The summed E-state index contributed by atoms with van der Waals surface area (Å²) in [5.41, 5.74) is 3.57. The van der Waals surface area contributed by atoms with E-state index in [9.17, 15) is 13.2 Å². The molecule has 0 atom stereocenters. The third-order valence-electron chi connectivity index (χ3n) is 3.42. The van der Waals surface area contributed by atoms with E-state index in [0.29, 0.717) is 5.92 Å². The Morgan fingerprint density at radius 3 is 2.00 bits per heavy atom. The fourth-order valence-corrected chi connectivity index (χ4v) is 2.54. The molecule has 0 unspecified atom stereocenters. The van der Waals surface area contributed by atoms with Gasteiger partial charge in [0.15, 0.2) is 0 Å². The van der Waals surface area contributed by atoms with Crippen LogP contribution in [0.3, 0.4) is 0 Å². The lowest BCUT2D eigenvalue weighted by Gasteiger charge is -2.16. The van der Waals surface area contributed by atoms with Crippen LogP contribution in [0.1, 0.15) is 36.5 Å². The highest BCUT2D eigenvalue weighted by Crippen LogP contribution is 2.34. The molecular formula is C17H17F3. The molecule has 0 nitrogen and oxygen atoms in total. The zero-order valence-corrected chi connectivity index (χ0v) is 11.8. The third kappa shape index (κ3) is 2.87. The number of alkyl halides is 3. The summed E-state index contributed by atoms with van der Waals surface area (Å²) >= 11 is 0. The Morgan fingerprint density at radius 1 is 0.900 bits per heavy atom. The van der Waals surface area contributed by atoms with Crippen LogP contribution < -0.4 is 0 Å². The SMILES string of the molecule is Cc1cccc(-c2ccc(C(F)(F)F)cc2)c1C(C)C. The minimum absolute atomic E-state index is 0.327. The molecule has 0 amide bonds. The summed E-state index contributed by atoms with van der Waals surface area (Å²) in [5.74, 6) is 0.327. The summed E-state index contributed by atoms with van der Waals surface area (Å²) < 4.78 is 37.8. The first kappa shape index (κ1) is 14.6. The smallest absolute Gasteiger partial charge is 0.166 e. The molecule has 0 spiro atoms. The fraction of sp³-hybridized carbons (Fsp3) is 0.294. The second-order valence-corrected chi connectivity index (χ2v) is 5.27. The summed E-state index contributed by atoms with van der Waals surface area (Å²) in [6.07, 6.45) is -4.29. The van der Waals surface area contributed by atoms with E-state index in [2.05, 4.69) is 13.8 Å². The van der Waals surface area contributed by atoms with Crippen LogP contribution in [0.4, 0.5) is 13.2 Å². The molecule has 0 heterocycles. The predicted molar refractivity (Wildman–Crippen MR) is 75.7 cm³/mol. The molecule has 0 aliphatic carbocycles. The average molecular weight is 278 g/mol. The highest BCUT2D eigenvalue weighted by atomic mass is 19.4. The highest BCUT2D eigenvalue weighted by Gasteiger charge is 2.30. The van der Waals surface area contributed by atoms with Gasteiger partial charge in [0.1, 0.15) is 0 Å². The Labute approximate surface area is 117 Å². The summed E-state index contributed by atoms with van der Waals surface area (Å²) in [7, 11) is 0. The van der Waals surface area contributed by atoms with Gasteiger partial charge in [-0.1, -0.05) is 44.2 Å². The molecule has 0 fully saturated rings. The lowest BCUT2D eigenvalue weighted by molar-refractivity contribution is -0.137. The lowest BCUT2D eigenvalue weighted by atomic mass is 9.89. The van der Waals surface area contributed by atoms with Crippen molar-refractivity contribution in [1.29, 1.82) is 0 Å². The number of halogens is 3. The van der Waals surface area contributed by atoms with Crippen LogP contribution in [0.25, 0.3) is 11.1 Å². The van der Waals surface area contributed by atoms with Crippen molar-refractivity contribution in [3.8, 4) is 11.1 Å². The van der Waals surface area contributed by atoms with E-state index in [-0.39, 0.29) is 0 Å². The van der Waals surface area contributed by atoms with Crippen molar-refractivity contribution in [1.82, 2.24) is 0 Å². The van der Waals surface area contributed by atoms with Crippen molar-refractivity contribution >= 4 is 0 Å². The first-order valence-electron chi connectivity index (χ1n) is 6.58. The number of rotatable bonds is 2. The Hall–Kier alpha value is -1.77. The maximum Gasteiger partial charge on any atom is 0.416 e. The van der Waals surface area contributed by atoms with E-state index < -0.39 is 11.7 Å². The monoisotopic (exact) mass is 278 g/mol. The van der Waals surface area contributed by atoms with Crippen LogP contribution in [-0.2, 0) is 6.18 Å². The number of hydrogen-bond acceptors (Lipinski definition) is 0. The fourth-order valence-electron chi connectivity index (χ4n) is 2.54. The van der Waals surface area contributed by atoms with Crippen LogP contribution in [-0.4, -0.2) is 0 Å². The summed E-state index contributed by atoms with van der Waals surface area (Å²) in [6.45, 7) is 6.22. The van der Waals surface area contributed by atoms with Crippen molar-refractivity contribution in [2.75, 3.05) is 0 Å². The quantitative estimate of drug-likeness (QED) is 0.650. The van der Waals surface area contributed by atoms with Gasteiger partial charge >= 0.3 is 6.18 Å². The van der Waals surface area contributed by atoms with E-state index in [0.717, 1.165) is 28.8 Å². The zero-order valence-electron chi connectivity index (χ0n) is 11.8. The average Bonchev–Trinajstić information content (AvgIpc) is 2.37. The first-order valence-corrected chi connectivity index (χ1v) is 6.58. The Kier molecular flexibility index (Phi) is 3.89. The first-order chi connectivity index (χ1) is 9.30. The Balaban J connectivity index is 2.50. The number of benzene rings is 2. The summed E-state index contributed by atoms with van der Waals surface area (Å²) in [4.78, 5) is 0. The van der Waals surface area contributed by atoms with Gasteiger partial charge in [0.05, 0.1) is 5.56 Å². The van der Waals surface area contributed by atoms with E-state index in [1.165, 1.54) is 5.56 Å². The molecule has 2 aromatic rings. The van der Waals surface area contributed by atoms with Crippen molar-refractivity contribution in [2.45, 2.75) is 32.9 Å². The van der Waals surface area contributed by atoms with Crippen molar-refractivity contribution in [3.05, 3.63) is 59.2 Å². The van der Waals surface area contributed by atoms with E-state index in [1.54, 1.807) is 12.1 Å². The number of hydrogen-bond donors (Lipinski definition) is 0. The molecule has 0 aromatic heterocycles. The van der Waals surface area contributed by atoms with Crippen LogP contribution in [0.5, 0.6) is 0 Å². The predicted octanol–water partition coefficient (Wildman–Crippen LogP) is 5.80. The maximum atomic E-state index is 12.6. The van der Waals surface area contributed by atoms with Gasteiger partial charge in [-0.3, -0.25) is 0 Å². The molecule has 0 bridgehead atoms. The molecule has 0 saturated heterocycles. The molecule has 0 aliphatic rings. The van der Waals surface area contributed by atoms with Gasteiger partial charge in [-0.15, -0.1) is 0 Å². The topological polar surface area (TPSA) is 0 Å². The molecule has 20 heavy (non-hydrogen) atoms. The minimum Gasteiger partial charge on any atom is -0.166 e. The van der Waals surface area contributed by atoms with E-state index >= 15 is 0 Å². The van der Waals surface area contributed by atoms with Crippen LogP contribution in [0.2, 0.25) is 0 Å². The van der Waals surface area contributed by atoms with Crippen LogP contribution in [0.15, 0.2) is 42.5 Å². The minimum atomic E-state index is -4.29. The zero-order chi connectivity index (χ0) is 14.9. The second kappa shape index (κ2) is 5.31. The lowest BCUT2D eigenvalue weighted by Crippen LogP contribution is -2.04. The molecule has 2 aromatic carbocycles. The van der Waals surface area contributed by atoms with E-state index in [1.807, 2.05) is 25.1 Å². The summed E-state index contributed by atoms with van der Waals surface area (Å²) in [6, 6.07) is 11.3. The maximum absolute atomic E-state index is 12.6. The molecule has 0 N–H and O–H groups in total. The van der Waals surface area contributed by atoms with E-state index in [4.69, 9.17) is 0 Å². The molecule has 106 valence electrons. The molecule has 0 aliphatic heterocycles. The van der Waals surface area contributed by atoms with Crippen molar-refractivity contribution in [2.24, 2.45) is 0 Å². The van der Waals surface area contributed by atoms with Gasteiger partial charge in [0, 0.05) is 0 Å². The van der Waals surface area contributed by atoms with Crippen molar-refractivity contribution < 1.29 is 13.2 Å².